The van der Waals surface area contributed by atoms with Gasteiger partial charge in [-0.05, 0) is 40.5 Å². The van der Waals surface area contributed by atoms with Crippen molar-refractivity contribution in [1.29, 1.82) is 0 Å². The van der Waals surface area contributed by atoms with E-state index in [0.29, 0.717) is 13.1 Å². The second-order valence-electron chi connectivity index (χ2n) is 6.20. The molecule has 4 rings (SSSR count). The minimum atomic E-state index is 0.486. The summed E-state index contributed by atoms with van der Waals surface area (Å²) in [6, 6.07) is 22.8. The summed E-state index contributed by atoms with van der Waals surface area (Å²) in [5, 5.41) is 4.75. The first-order valence-corrected chi connectivity index (χ1v) is 8.64. The molecule has 4 aromatic rings. The summed E-state index contributed by atoms with van der Waals surface area (Å²) in [4.78, 5) is 4.16. The molecule has 0 spiro atoms. The number of nitrogens with zero attached hydrogens (tertiary/aromatic N) is 3. The summed E-state index contributed by atoms with van der Waals surface area (Å²) in [6.45, 7) is 1.18. The molecular formula is C22H20N4. The fourth-order valence-electron chi connectivity index (χ4n) is 3.08. The van der Waals surface area contributed by atoms with Gasteiger partial charge >= 0.3 is 0 Å². The Morgan fingerprint density at radius 3 is 2.54 bits per heavy atom. The van der Waals surface area contributed by atoms with Gasteiger partial charge in [-0.2, -0.15) is 5.10 Å². The topological polar surface area (TPSA) is 56.7 Å². The van der Waals surface area contributed by atoms with Crippen LogP contribution in [-0.2, 0) is 13.1 Å². The molecule has 2 N–H and O–H groups in total. The lowest BCUT2D eigenvalue weighted by Crippen LogP contribution is -2.02. The van der Waals surface area contributed by atoms with E-state index in [1.54, 1.807) is 6.20 Å². The standard InChI is InChI=1S/C22H20N4/c23-14-20-9-8-19(18-6-2-1-3-7-18)13-21(20)22-10-12-26(25-22)16-17-5-4-11-24-15-17/h1-13,15H,14,16,23H2. The maximum absolute atomic E-state index is 5.96. The number of aromatic nitrogens is 3. The average Bonchev–Trinajstić information content (AvgIpc) is 3.17. The van der Waals surface area contributed by atoms with Gasteiger partial charge in [0.15, 0.2) is 0 Å². The summed E-state index contributed by atoms with van der Waals surface area (Å²) in [6.07, 6.45) is 5.64. The lowest BCUT2D eigenvalue weighted by molar-refractivity contribution is 0.687. The van der Waals surface area contributed by atoms with Gasteiger partial charge in [0.2, 0.25) is 0 Å². The van der Waals surface area contributed by atoms with E-state index >= 15 is 0 Å². The van der Waals surface area contributed by atoms with Crippen LogP contribution in [0.5, 0.6) is 0 Å². The zero-order valence-corrected chi connectivity index (χ0v) is 14.4. The second-order valence-corrected chi connectivity index (χ2v) is 6.20. The van der Waals surface area contributed by atoms with Crippen molar-refractivity contribution in [3.63, 3.8) is 0 Å². The van der Waals surface area contributed by atoms with Gasteiger partial charge in [0, 0.05) is 30.7 Å². The smallest absolute Gasteiger partial charge is 0.0926 e. The molecule has 0 atom stereocenters. The normalized spacial score (nSPS) is 10.8. The van der Waals surface area contributed by atoms with Gasteiger partial charge in [0.25, 0.3) is 0 Å². The summed E-state index contributed by atoms with van der Waals surface area (Å²) in [5.74, 6) is 0. The van der Waals surface area contributed by atoms with Crippen molar-refractivity contribution < 1.29 is 0 Å². The number of rotatable bonds is 5. The molecule has 0 aliphatic heterocycles. The molecule has 2 heterocycles. The fraction of sp³-hybridized carbons (Fsp3) is 0.0909. The van der Waals surface area contributed by atoms with Gasteiger partial charge in [-0.15, -0.1) is 0 Å². The van der Waals surface area contributed by atoms with Crippen LogP contribution in [0.15, 0.2) is 85.3 Å². The quantitative estimate of drug-likeness (QED) is 0.594. The third-order valence-corrected chi connectivity index (χ3v) is 4.42. The van der Waals surface area contributed by atoms with Crippen molar-refractivity contribution in [2.24, 2.45) is 5.73 Å². The van der Waals surface area contributed by atoms with Crippen LogP contribution in [0.2, 0.25) is 0 Å². The summed E-state index contributed by atoms with van der Waals surface area (Å²) in [5.41, 5.74) is 12.6. The predicted molar refractivity (Wildman–Crippen MR) is 104 cm³/mol. The van der Waals surface area contributed by atoms with Gasteiger partial charge in [-0.1, -0.05) is 48.5 Å². The molecule has 0 radical (unpaired) electrons. The van der Waals surface area contributed by atoms with Crippen molar-refractivity contribution >= 4 is 0 Å². The van der Waals surface area contributed by atoms with Crippen molar-refractivity contribution in [3.05, 3.63) is 96.4 Å². The Bertz CT molecular complexity index is 991. The van der Waals surface area contributed by atoms with E-state index in [1.807, 2.05) is 35.3 Å². The lowest BCUT2D eigenvalue weighted by Gasteiger charge is -2.09. The molecule has 2 aromatic heterocycles. The average molecular weight is 340 g/mol. The van der Waals surface area contributed by atoms with E-state index in [2.05, 4.69) is 53.5 Å². The molecule has 0 unspecified atom stereocenters. The number of hydrogen-bond donors (Lipinski definition) is 1. The van der Waals surface area contributed by atoms with E-state index in [-0.39, 0.29) is 0 Å². The van der Waals surface area contributed by atoms with E-state index < -0.39 is 0 Å². The highest BCUT2D eigenvalue weighted by Crippen LogP contribution is 2.28. The molecule has 26 heavy (non-hydrogen) atoms. The van der Waals surface area contributed by atoms with Crippen LogP contribution in [0.25, 0.3) is 22.4 Å². The van der Waals surface area contributed by atoms with Gasteiger partial charge in [0.1, 0.15) is 0 Å². The van der Waals surface area contributed by atoms with Crippen LogP contribution in [0.4, 0.5) is 0 Å². The summed E-state index contributed by atoms with van der Waals surface area (Å²) in [7, 11) is 0. The van der Waals surface area contributed by atoms with Gasteiger partial charge in [-0.3, -0.25) is 9.67 Å². The number of hydrogen-bond acceptors (Lipinski definition) is 3. The molecule has 128 valence electrons. The van der Waals surface area contributed by atoms with Crippen molar-refractivity contribution in [2.75, 3.05) is 0 Å². The lowest BCUT2D eigenvalue weighted by atomic mass is 9.97. The first-order chi connectivity index (χ1) is 12.8. The van der Waals surface area contributed by atoms with Crippen molar-refractivity contribution in [1.82, 2.24) is 14.8 Å². The maximum Gasteiger partial charge on any atom is 0.0926 e. The van der Waals surface area contributed by atoms with Gasteiger partial charge in [0.05, 0.1) is 12.2 Å². The molecule has 0 bridgehead atoms. The van der Waals surface area contributed by atoms with Gasteiger partial charge < -0.3 is 5.73 Å². The highest BCUT2D eigenvalue weighted by Gasteiger charge is 2.10. The number of nitrogens with two attached hydrogens (primary N) is 1. The fourth-order valence-corrected chi connectivity index (χ4v) is 3.08. The molecule has 0 aliphatic rings. The predicted octanol–water partition coefficient (Wildman–Crippen LogP) is 4.12. The second kappa shape index (κ2) is 7.33. The minimum Gasteiger partial charge on any atom is -0.326 e. The Hall–Kier alpha value is -3.24. The van der Waals surface area contributed by atoms with E-state index in [0.717, 1.165) is 22.4 Å². The van der Waals surface area contributed by atoms with Crippen LogP contribution in [0.3, 0.4) is 0 Å². The van der Waals surface area contributed by atoms with Crippen LogP contribution in [0.1, 0.15) is 11.1 Å². The Balaban J connectivity index is 1.68. The molecule has 4 heteroatoms. The van der Waals surface area contributed by atoms with Crippen LogP contribution in [0, 0.1) is 0 Å². The van der Waals surface area contributed by atoms with Gasteiger partial charge in [-0.25, -0.2) is 0 Å². The number of pyridine rings is 1. The minimum absolute atomic E-state index is 0.486. The molecule has 2 aromatic carbocycles. The third-order valence-electron chi connectivity index (χ3n) is 4.42. The van der Waals surface area contributed by atoms with Crippen molar-refractivity contribution in [2.45, 2.75) is 13.1 Å². The SMILES string of the molecule is NCc1ccc(-c2ccccc2)cc1-c1ccn(Cc2cccnc2)n1. The Kier molecular flexibility index (Phi) is 4.58. The molecule has 4 nitrogen and oxygen atoms in total. The van der Waals surface area contributed by atoms with Crippen LogP contribution < -0.4 is 5.73 Å². The zero-order chi connectivity index (χ0) is 17.8. The number of benzene rings is 2. The first-order valence-electron chi connectivity index (χ1n) is 8.64. The highest BCUT2D eigenvalue weighted by molar-refractivity contribution is 5.73. The Morgan fingerprint density at radius 2 is 1.77 bits per heavy atom. The molecule has 0 aliphatic carbocycles. The van der Waals surface area contributed by atoms with E-state index in [9.17, 15) is 0 Å². The molecular weight excluding hydrogens is 320 g/mol. The van der Waals surface area contributed by atoms with E-state index in [4.69, 9.17) is 10.8 Å². The van der Waals surface area contributed by atoms with E-state index in [1.165, 1.54) is 11.1 Å². The Morgan fingerprint density at radius 1 is 0.885 bits per heavy atom. The van der Waals surface area contributed by atoms with Crippen LogP contribution >= 0.6 is 0 Å². The molecule has 0 saturated heterocycles. The largest absolute Gasteiger partial charge is 0.326 e. The molecule has 0 saturated carbocycles. The first kappa shape index (κ1) is 16.2. The third kappa shape index (κ3) is 3.41. The summed E-state index contributed by atoms with van der Waals surface area (Å²) >= 11 is 0. The highest BCUT2D eigenvalue weighted by atomic mass is 15.3. The monoisotopic (exact) mass is 340 g/mol. The van der Waals surface area contributed by atoms with Crippen molar-refractivity contribution in [3.8, 4) is 22.4 Å². The maximum atomic E-state index is 5.96. The zero-order valence-electron chi connectivity index (χ0n) is 14.4. The molecule has 0 fully saturated rings. The molecule has 0 amide bonds. The van der Waals surface area contributed by atoms with Crippen LogP contribution in [-0.4, -0.2) is 14.8 Å². The Labute approximate surface area is 152 Å². The summed E-state index contributed by atoms with van der Waals surface area (Å²) < 4.78 is 1.93.